The zero-order valence-electron chi connectivity index (χ0n) is 17.3. The first kappa shape index (κ1) is 23.9. The summed E-state index contributed by atoms with van der Waals surface area (Å²) in [6.07, 6.45) is 3.45. The summed E-state index contributed by atoms with van der Waals surface area (Å²) in [5, 5.41) is 0. The van der Waals surface area contributed by atoms with Crippen molar-refractivity contribution in [3.8, 4) is 5.75 Å². The molecular formula is C20H30O6Si2. The fourth-order valence-electron chi connectivity index (χ4n) is 2.34. The number of esters is 2. The van der Waals surface area contributed by atoms with E-state index in [0.717, 1.165) is 0 Å². The van der Waals surface area contributed by atoms with E-state index in [9.17, 15) is 9.59 Å². The lowest BCUT2D eigenvalue weighted by molar-refractivity contribution is -0.146. The molecule has 0 atom stereocenters. The third-order valence-corrected chi connectivity index (χ3v) is 8.73. The van der Waals surface area contributed by atoms with E-state index in [1.165, 1.54) is 6.08 Å². The molecule has 8 heteroatoms. The first-order chi connectivity index (χ1) is 13.3. The van der Waals surface area contributed by atoms with E-state index >= 15 is 0 Å². The quantitative estimate of drug-likeness (QED) is 0.179. The van der Waals surface area contributed by atoms with Crippen molar-refractivity contribution in [2.75, 3.05) is 19.8 Å². The average Bonchev–Trinajstić information content (AvgIpc) is 2.64. The predicted molar refractivity (Wildman–Crippen MR) is 115 cm³/mol. The highest BCUT2D eigenvalue weighted by Gasteiger charge is 2.21. The Balaban J connectivity index is 2.78. The van der Waals surface area contributed by atoms with E-state index in [1.54, 1.807) is 38.1 Å². The van der Waals surface area contributed by atoms with Crippen molar-refractivity contribution in [2.45, 2.75) is 33.5 Å². The Morgan fingerprint density at radius 3 is 2.11 bits per heavy atom. The summed E-state index contributed by atoms with van der Waals surface area (Å²) in [5.41, 5.74) is 2.67. The molecule has 0 N–H and O–H groups in total. The molecule has 1 aromatic rings. The summed E-state index contributed by atoms with van der Waals surface area (Å²) >= 11 is 0. The maximum atomic E-state index is 12.0. The highest BCUT2D eigenvalue weighted by Crippen LogP contribution is 2.16. The van der Waals surface area contributed by atoms with Gasteiger partial charge in [0.15, 0.2) is 8.32 Å². The first-order valence-corrected chi connectivity index (χ1v) is 14.4. The van der Waals surface area contributed by atoms with Gasteiger partial charge in [0, 0.05) is 0 Å². The highest BCUT2D eigenvalue weighted by molar-refractivity contribution is 6.79. The van der Waals surface area contributed by atoms with Gasteiger partial charge >= 0.3 is 11.9 Å². The minimum Gasteiger partial charge on any atom is -0.490 e. The van der Waals surface area contributed by atoms with Gasteiger partial charge in [0.2, 0.25) is 0 Å². The molecule has 1 rings (SSSR count). The van der Waals surface area contributed by atoms with Gasteiger partial charge in [-0.05, 0) is 50.7 Å². The van der Waals surface area contributed by atoms with Crippen molar-refractivity contribution in [1.29, 1.82) is 0 Å². The topological polar surface area (TPSA) is 71.1 Å². The number of carbonyl (C=O) groups excluding carboxylic acids is 2. The van der Waals surface area contributed by atoms with Crippen LogP contribution in [0.25, 0.3) is 6.08 Å². The minimum absolute atomic E-state index is 0.132. The van der Waals surface area contributed by atoms with E-state index in [4.69, 9.17) is 18.3 Å². The van der Waals surface area contributed by atoms with Gasteiger partial charge in [-0.3, -0.25) is 0 Å². The van der Waals surface area contributed by atoms with Gasteiger partial charge in [0.25, 0.3) is 0 Å². The summed E-state index contributed by atoms with van der Waals surface area (Å²) in [5.74, 6) is -0.702. The number of benzene rings is 1. The molecule has 0 aliphatic carbocycles. The molecule has 0 aliphatic rings. The zero-order chi connectivity index (χ0) is 21.0. The van der Waals surface area contributed by atoms with Crippen LogP contribution in [0.5, 0.6) is 5.75 Å². The molecule has 0 unspecified atom stereocenters. The van der Waals surface area contributed by atoms with E-state index in [1.807, 2.05) is 6.08 Å². The van der Waals surface area contributed by atoms with Crippen molar-refractivity contribution in [3.63, 3.8) is 0 Å². The Morgan fingerprint density at radius 1 is 1.04 bits per heavy atom. The van der Waals surface area contributed by atoms with Crippen LogP contribution in [0, 0.1) is 0 Å². The molecule has 6 nitrogen and oxygen atoms in total. The Labute approximate surface area is 170 Å². The Hall–Kier alpha value is -2.17. The van der Waals surface area contributed by atoms with Gasteiger partial charge in [0.1, 0.15) is 27.7 Å². The number of ether oxygens (including phenoxy) is 3. The lowest BCUT2D eigenvalue weighted by Crippen LogP contribution is -2.29. The lowest BCUT2D eigenvalue weighted by Gasteiger charge is -2.17. The Bertz CT molecular complexity index is 675. The standard InChI is InChI=1S/C20H30O6Si2/c1-6-23-19(21)18(20(22)24-7-2)15-16-9-11-17(12-10-16)25-13-8-14-28(4,5)26-27-3/h8-12,14-15H,6-7,13,27H2,1-5H3. The fraction of sp³-hybridized carbons (Fsp3) is 0.400. The molecule has 0 bridgehead atoms. The van der Waals surface area contributed by atoms with E-state index in [2.05, 4.69) is 25.3 Å². The number of hydrogen-bond acceptors (Lipinski definition) is 6. The van der Waals surface area contributed by atoms with Crippen LogP contribution in [0.4, 0.5) is 0 Å². The van der Waals surface area contributed by atoms with Crippen molar-refractivity contribution in [2.24, 2.45) is 0 Å². The van der Waals surface area contributed by atoms with Crippen LogP contribution >= 0.6 is 0 Å². The van der Waals surface area contributed by atoms with Crippen LogP contribution in [0.1, 0.15) is 19.4 Å². The van der Waals surface area contributed by atoms with Gasteiger partial charge in [-0.1, -0.05) is 30.5 Å². The van der Waals surface area contributed by atoms with Crippen molar-refractivity contribution in [1.82, 2.24) is 0 Å². The summed E-state index contributed by atoms with van der Waals surface area (Å²) in [4.78, 5) is 24.0. The molecule has 0 radical (unpaired) electrons. The monoisotopic (exact) mass is 422 g/mol. The average molecular weight is 423 g/mol. The van der Waals surface area contributed by atoms with Crippen LogP contribution in [0.15, 0.2) is 41.6 Å². The Kier molecular flexibility index (Phi) is 10.5. The minimum atomic E-state index is -1.70. The fourth-order valence-corrected chi connectivity index (χ4v) is 6.37. The molecule has 0 amide bonds. The van der Waals surface area contributed by atoms with Gasteiger partial charge in [-0.25, -0.2) is 9.59 Å². The van der Waals surface area contributed by atoms with Crippen LogP contribution in [-0.2, 0) is 23.2 Å². The lowest BCUT2D eigenvalue weighted by atomic mass is 10.1. The van der Waals surface area contributed by atoms with Gasteiger partial charge in [-0.15, -0.1) is 0 Å². The van der Waals surface area contributed by atoms with Gasteiger partial charge in [-0.2, -0.15) is 0 Å². The van der Waals surface area contributed by atoms with Crippen LogP contribution < -0.4 is 4.74 Å². The predicted octanol–water partition coefficient (Wildman–Crippen LogP) is 3.02. The smallest absolute Gasteiger partial charge is 0.345 e. The summed E-state index contributed by atoms with van der Waals surface area (Å²) in [7, 11) is -2.11. The first-order valence-electron chi connectivity index (χ1n) is 9.43. The number of hydrogen-bond donors (Lipinski definition) is 0. The van der Waals surface area contributed by atoms with Crippen molar-refractivity contribution in [3.05, 3.63) is 47.2 Å². The molecule has 0 heterocycles. The molecule has 0 fully saturated rings. The molecule has 0 spiro atoms. The number of carbonyl (C=O) groups is 2. The van der Waals surface area contributed by atoms with E-state index in [0.29, 0.717) is 17.9 Å². The van der Waals surface area contributed by atoms with Gasteiger partial charge < -0.3 is 18.3 Å². The molecule has 0 aliphatic heterocycles. The molecule has 154 valence electrons. The molecule has 28 heavy (non-hydrogen) atoms. The highest BCUT2D eigenvalue weighted by atomic mass is 28.4. The molecule has 0 aromatic heterocycles. The molecular weight excluding hydrogens is 392 g/mol. The van der Waals surface area contributed by atoms with Gasteiger partial charge in [0.05, 0.1) is 13.2 Å². The van der Waals surface area contributed by atoms with E-state index < -0.39 is 30.0 Å². The SMILES string of the molecule is CCOC(=O)C(=Cc1ccc(OCC=C[Si](C)(C)O[SiH2]C)cc1)C(=O)OCC. The van der Waals surface area contributed by atoms with Crippen LogP contribution in [0.2, 0.25) is 19.6 Å². The Morgan fingerprint density at radius 2 is 1.61 bits per heavy atom. The van der Waals surface area contributed by atoms with Crippen molar-refractivity contribution >= 4 is 36.1 Å². The third kappa shape index (κ3) is 8.68. The second-order valence-corrected chi connectivity index (χ2v) is 11.6. The summed E-state index contributed by atoms with van der Waals surface area (Å²) in [6, 6.07) is 7.10. The van der Waals surface area contributed by atoms with E-state index in [-0.39, 0.29) is 18.8 Å². The second-order valence-electron chi connectivity index (χ2n) is 6.32. The molecule has 1 aromatic carbocycles. The normalized spacial score (nSPS) is 11.6. The van der Waals surface area contributed by atoms with Crippen molar-refractivity contribution < 1.29 is 27.9 Å². The van der Waals surface area contributed by atoms with Crippen LogP contribution in [0.3, 0.4) is 0 Å². The largest absolute Gasteiger partial charge is 0.490 e. The number of rotatable bonds is 11. The second kappa shape index (κ2) is 12.3. The maximum absolute atomic E-state index is 12.0. The zero-order valence-corrected chi connectivity index (χ0v) is 19.7. The third-order valence-electron chi connectivity index (χ3n) is 3.56. The summed E-state index contributed by atoms with van der Waals surface area (Å²) in [6.45, 7) is 10.6. The summed E-state index contributed by atoms with van der Waals surface area (Å²) < 4.78 is 21.4. The maximum Gasteiger partial charge on any atom is 0.345 e. The van der Waals surface area contributed by atoms with Crippen LogP contribution in [-0.4, -0.2) is 49.8 Å². The molecule has 0 saturated heterocycles. The molecule has 0 saturated carbocycles.